The van der Waals surface area contributed by atoms with Crippen LogP contribution in [0.25, 0.3) is 0 Å². The molecule has 2 atom stereocenters. The normalized spacial score (nSPS) is 18.8. The van der Waals surface area contributed by atoms with E-state index in [0.717, 1.165) is 12.0 Å². The first-order valence-corrected chi connectivity index (χ1v) is 12.1. The van der Waals surface area contributed by atoms with Crippen molar-refractivity contribution in [3.63, 3.8) is 0 Å². The van der Waals surface area contributed by atoms with Gasteiger partial charge in [0.15, 0.2) is 6.19 Å². The molecular formula is C27H32N6O3. The largest absolute Gasteiger partial charge is 0.326 e. The van der Waals surface area contributed by atoms with E-state index in [2.05, 4.69) is 31.9 Å². The highest BCUT2D eigenvalue weighted by Crippen LogP contribution is 2.34. The van der Waals surface area contributed by atoms with Gasteiger partial charge in [-0.25, -0.2) is 0 Å². The minimum absolute atomic E-state index is 0.0508. The van der Waals surface area contributed by atoms with Crippen molar-refractivity contribution in [2.45, 2.75) is 51.1 Å². The van der Waals surface area contributed by atoms with Gasteiger partial charge in [0.2, 0.25) is 5.91 Å². The number of pyridine rings is 1. The number of hydrogen-bond donors (Lipinski definition) is 0. The first-order valence-electron chi connectivity index (χ1n) is 12.1. The van der Waals surface area contributed by atoms with Crippen molar-refractivity contribution in [2.75, 3.05) is 31.7 Å². The molecule has 2 aliphatic rings. The lowest BCUT2D eigenvalue weighted by Gasteiger charge is -2.36. The summed E-state index contributed by atoms with van der Waals surface area (Å²) in [6, 6.07) is 9.41. The Bertz CT molecular complexity index is 1170. The van der Waals surface area contributed by atoms with Crippen LogP contribution in [0.5, 0.6) is 0 Å². The average Bonchev–Trinajstić information content (AvgIpc) is 3.48. The Balaban J connectivity index is 1.83. The molecule has 0 radical (unpaired) electrons. The molecule has 3 amide bonds. The smallest absolute Gasteiger partial charge is 0.252 e. The number of hydrogen-bond acceptors (Lipinski definition) is 6. The summed E-state index contributed by atoms with van der Waals surface area (Å²) in [6.07, 6.45) is 6.56. The predicted molar refractivity (Wildman–Crippen MR) is 134 cm³/mol. The van der Waals surface area contributed by atoms with E-state index in [1.165, 1.54) is 19.6 Å². The highest BCUT2D eigenvalue weighted by Gasteiger charge is 2.43. The third-order valence-electron chi connectivity index (χ3n) is 6.85. The summed E-state index contributed by atoms with van der Waals surface area (Å²) in [5.74, 6) is -0.846. The minimum atomic E-state index is -1.04. The minimum Gasteiger partial charge on any atom is -0.326 e. The molecule has 2 aromatic rings. The van der Waals surface area contributed by atoms with E-state index in [4.69, 9.17) is 0 Å². The Morgan fingerprint density at radius 2 is 1.92 bits per heavy atom. The van der Waals surface area contributed by atoms with Gasteiger partial charge in [0.1, 0.15) is 18.6 Å². The Kier molecular flexibility index (Phi) is 6.97. The first-order chi connectivity index (χ1) is 17.1. The average molecular weight is 489 g/mol. The maximum Gasteiger partial charge on any atom is 0.252 e. The molecule has 1 unspecified atom stereocenters. The number of carbonyl (C=O) groups excluding carboxylic acids is 3. The molecule has 0 bridgehead atoms. The van der Waals surface area contributed by atoms with Crippen LogP contribution in [0.2, 0.25) is 0 Å². The van der Waals surface area contributed by atoms with Crippen LogP contribution >= 0.6 is 0 Å². The topological polar surface area (TPSA) is 101 Å². The van der Waals surface area contributed by atoms with Gasteiger partial charge in [-0.2, -0.15) is 5.26 Å². The lowest BCUT2D eigenvalue weighted by molar-refractivity contribution is -0.135. The van der Waals surface area contributed by atoms with Gasteiger partial charge < -0.3 is 9.80 Å². The van der Waals surface area contributed by atoms with Gasteiger partial charge in [-0.05, 0) is 42.0 Å². The number of amides is 3. The van der Waals surface area contributed by atoms with Crippen molar-refractivity contribution >= 4 is 23.4 Å². The quantitative estimate of drug-likeness (QED) is 0.600. The third kappa shape index (κ3) is 4.89. The van der Waals surface area contributed by atoms with E-state index >= 15 is 0 Å². The molecule has 2 saturated heterocycles. The Labute approximate surface area is 211 Å². The van der Waals surface area contributed by atoms with Crippen LogP contribution in [0.3, 0.4) is 0 Å². The van der Waals surface area contributed by atoms with E-state index in [9.17, 15) is 19.6 Å². The fourth-order valence-corrected chi connectivity index (χ4v) is 4.76. The van der Waals surface area contributed by atoms with E-state index in [1.54, 1.807) is 31.6 Å². The van der Waals surface area contributed by atoms with E-state index in [0.29, 0.717) is 24.2 Å². The maximum atomic E-state index is 14.1. The highest BCUT2D eigenvalue weighted by atomic mass is 16.2. The second kappa shape index (κ2) is 9.97. The van der Waals surface area contributed by atoms with Gasteiger partial charge in [-0.3, -0.25) is 29.2 Å². The summed E-state index contributed by atoms with van der Waals surface area (Å²) >= 11 is 0. The summed E-state index contributed by atoms with van der Waals surface area (Å²) < 4.78 is 0. The fourth-order valence-electron chi connectivity index (χ4n) is 4.76. The summed E-state index contributed by atoms with van der Waals surface area (Å²) in [6.45, 7) is 6.92. The molecule has 0 aliphatic carbocycles. The molecule has 1 aromatic heterocycles. The van der Waals surface area contributed by atoms with Crippen molar-refractivity contribution in [2.24, 2.45) is 0 Å². The van der Waals surface area contributed by atoms with Crippen LogP contribution in [-0.2, 0) is 19.8 Å². The van der Waals surface area contributed by atoms with Crippen molar-refractivity contribution in [3.05, 3.63) is 59.9 Å². The van der Waals surface area contributed by atoms with Crippen LogP contribution in [0, 0.1) is 11.5 Å². The number of nitriles is 1. The lowest BCUT2D eigenvalue weighted by Crippen LogP contribution is -2.51. The Morgan fingerprint density at radius 1 is 1.19 bits per heavy atom. The number of benzene rings is 1. The van der Waals surface area contributed by atoms with Crippen LogP contribution in [-0.4, -0.2) is 70.3 Å². The van der Waals surface area contributed by atoms with Crippen molar-refractivity contribution in [3.8, 4) is 6.19 Å². The zero-order valence-electron chi connectivity index (χ0n) is 21.2. The zero-order valence-corrected chi connectivity index (χ0v) is 21.2. The number of likely N-dealkylation sites (N-methyl/N-ethyl adjacent to an activating group) is 1. The summed E-state index contributed by atoms with van der Waals surface area (Å²) in [5, 5.41) is 9.64. The monoisotopic (exact) mass is 488 g/mol. The van der Waals surface area contributed by atoms with Gasteiger partial charge in [-0.15, -0.1) is 0 Å². The van der Waals surface area contributed by atoms with Crippen molar-refractivity contribution in [1.29, 1.82) is 5.26 Å². The molecule has 2 fully saturated rings. The van der Waals surface area contributed by atoms with Gasteiger partial charge in [0.05, 0.1) is 6.67 Å². The molecule has 2 aliphatic heterocycles. The molecule has 9 heteroatoms. The van der Waals surface area contributed by atoms with Crippen LogP contribution < -0.4 is 4.90 Å². The lowest BCUT2D eigenvalue weighted by atomic mass is 9.87. The number of anilines is 1. The van der Waals surface area contributed by atoms with Crippen molar-refractivity contribution < 1.29 is 14.4 Å². The zero-order chi connectivity index (χ0) is 26.0. The molecule has 1 aromatic carbocycles. The highest BCUT2D eigenvalue weighted by molar-refractivity contribution is 6.04. The van der Waals surface area contributed by atoms with Crippen LogP contribution in [0.15, 0.2) is 48.8 Å². The Hall–Kier alpha value is -3.93. The maximum absolute atomic E-state index is 14.1. The van der Waals surface area contributed by atoms with E-state index in [-0.39, 0.29) is 36.3 Å². The second-order valence-corrected chi connectivity index (χ2v) is 10.4. The van der Waals surface area contributed by atoms with Gasteiger partial charge in [-0.1, -0.05) is 39.0 Å². The molecule has 0 N–H and O–H groups in total. The number of rotatable bonds is 5. The first kappa shape index (κ1) is 25.2. The SMILES string of the molecule is CN1CN(C(=O)C(c2cccnc2)N(C(=O)[C@H]2CCCN2C#N)c2ccc(C(C)(C)C)cc2)CC1=O. The molecular weight excluding hydrogens is 456 g/mol. The van der Waals surface area contributed by atoms with Gasteiger partial charge >= 0.3 is 0 Å². The molecule has 36 heavy (non-hydrogen) atoms. The number of nitrogens with zero attached hydrogens (tertiary/aromatic N) is 6. The van der Waals surface area contributed by atoms with E-state index in [1.807, 2.05) is 24.3 Å². The molecule has 188 valence electrons. The van der Waals surface area contributed by atoms with E-state index < -0.39 is 12.1 Å². The summed E-state index contributed by atoms with van der Waals surface area (Å²) in [4.78, 5) is 50.5. The van der Waals surface area contributed by atoms with Crippen LogP contribution in [0.4, 0.5) is 5.69 Å². The Morgan fingerprint density at radius 3 is 2.47 bits per heavy atom. The van der Waals surface area contributed by atoms with Crippen molar-refractivity contribution in [1.82, 2.24) is 19.7 Å². The summed E-state index contributed by atoms with van der Waals surface area (Å²) in [5.41, 5.74) is 2.10. The molecule has 3 heterocycles. The number of likely N-dealkylation sites (tertiary alicyclic amines) is 1. The predicted octanol–water partition coefficient (Wildman–Crippen LogP) is 2.66. The van der Waals surface area contributed by atoms with Gasteiger partial charge in [0.25, 0.3) is 11.8 Å². The van der Waals surface area contributed by atoms with Crippen LogP contribution in [0.1, 0.15) is 50.8 Å². The van der Waals surface area contributed by atoms with Gasteiger partial charge in [0, 0.05) is 37.2 Å². The molecule has 4 rings (SSSR count). The number of aromatic nitrogens is 1. The molecule has 9 nitrogen and oxygen atoms in total. The third-order valence-corrected chi connectivity index (χ3v) is 6.85. The second-order valence-electron chi connectivity index (χ2n) is 10.4. The summed E-state index contributed by atoms with van der Waals surface area (Å²) in [7, 11) is 1.64. The standard InChI is InChI=1S/C27H32N6O3/c1-27(2,3)20-9-11-21(12-10-20)33(25(35)22-8-6-14-31(22)17-28)24(19-7-5-13-29-15-19)26(36)32-16-23(34)30(4)18-32/h5,7,9-13,15,22,24H,6,8,14,16,18H2,1-4H3/t22-,24?/m1/s1. The molecule has 0 saturated carbocycles. The number of carbonyl (C=O) groups is 3. The fraction of sp³-hybridized carbons (Fsp3) is 0.444. The molecule has 0 spiro atoms.